The fraction of sp³-hybridized carbons (Fsp3) is 0.741. The van der Waals surface area contributed by atoms with Crippen molar-refractivity contribution in [2.45, 2.75) is 115 Å². The third-order valence-electron chi connectivity index (χ3n) is 6.02. The van der Waals surface area contributed by atoms with Crippen LogP contribution < -0.4 is 5.73 Å². The molecule has 0 spiro atoms. The van der Waals surface area contributed by atoms with E-state index in [2.05, 4.69) is 6.92 Å². The summed E-state index contributed by atoms with van der Waals surface area (Å²) in [6.07, 6.45) is 20.3. The van der Waals surface area contributed by atoms with Crippen LogP contribution in [0.15, 0.2) is 29.2 Å². The van der Waals surface area contributed by atoms with Crippen LogP contribution in [0, 0.1) is 0 Å². The van der Waals surface area contributed by atoms with Crippen LogP contribution in [0.2, 0.25) is 0 Å². The third-order valence-corrected chi connectivity index (χ3v) is 7.12. The van der Waals surface area contributed by atoms with Gasteiger partial charge in [0, 0.05) is 18.0 Å². The molecule has 1 rings (SSSR count). The lowest BCUT2D eigenvalue weighted by atomic mass is 10.1. The standard InChI is InChI=1S/C27H48N2O2S/c1-2-3-4-5-6-9-12-15-22-29(27(28)31)23-16-13-10-7-8-11-14-17-24-32-26-20-18-25(30)19-21-26/h18-21,30H,2-17,22-24H2,1H3,(H2,28,31). The molecule has 0 radical (unpaired) electrons. The monoisotopic (exact) mass is 464 g/mol. The summed E-state index contributed by atoms with van der Waals surface area (Å²) in [5.74, 6) is 1.48. The second-order valence-corrected chi connectivity index (χ2v) is 10.1. The zero-order valence-electron chi connectivity index (χ0n) is 20.5. The number of urea groups is 1. The summed E-state index contributed by atoms with van der Waals surface area (Å²) < 4.78 is 0. The molecule has 0 saturated heterocycles. The highest BCUT2D eigenvalue weighted by Gasteiger charge is 2.08. The molecule has 32 heavy (non-hydrogen) atoms. The van der Waals surface area contributed by atoms with Crippen LogP contribution in [0.25, 0.3) is 0 Å². The van der Waals surface area contributed by atoms with Crippen molar-refractivity contribution in [2.24, 2.45) is 5.73 Å². The molecule has 0 fully saturated rings. The molecule has 0 aliphatic carbocycles. The van der Waals surface area contributed by atoms with Crippen molar-refractivity contribution in [3.63, 3.8) is 0 Å². The van der Waals surface area contributed by atoms with Gasteiger partial charge in [0.25, 0.3) is 0 Å². The molecule has 0 bridgehead atoms. The van der Waals surface area contributed by atoms with Gasteiger partial charge in [-0.05, 0) is 49.3 Å². The van der Waals surface area contributed by atoms with E-state index in [1.54, 1.807) is 12.1 Å². The van der Waals surface area contributed by atoms with Crippen molar-refractivity contribution in [2.75, 3.05) is 18.8 Å². The summed E-state index contributed by atoms with van der Waals surface area (Å²) in [5.41, 5.74) is 5.57. The van der Waals surface area contributed by atoms with Gasteiger partial charge in [-0.15, -0.1) is 11.8 Å². The Morgan fingerprint density at radius 2 is 1.19 bits per heavy atom. The van der Waals surface area contributed by atoms with Gasteiger partial charge in [-0.3, -0.25) is 0 Å². The number of benzene rings is 1. The Balaban J connectivity index is 1.90. The third kappa shape index (κ3) is 16.3. The number of rotatable bonds is 21. The van der Waals surface area contributed by atoms with Gasteiger partial charge in [0.15, 0.2) is 0 Å². The lowest BCUT2D eigenvalue weighted by Gasteiger charge is -2.20. The summed E-state index contributed by atoms with van der Waals surface area (Å²) >= 11 is 1.87. The largest absolute Gasteiger partial charge is 0.508 e. The lowest BCUT2D eigenvalue weighted by molar-refractivity contribution is 0.204. The maximum absolute atomic E-state index is 11.7. The SMILES string of the molecule is CCCCCCCCCCN(CCCCCCCCCCSc1ccc(O)cc1)C(N)=O. The van der Waals surface area contributed by atoms with Crippen molar-refractivity contribution in [3.05, 3.63) is 24.3 Å². The Bertz CT molecular complexity index is 565. The molecule has 1 aromatic rings. The highest BCUT2D eigenvalue weighted by Crippen LogP contribution is 2.22. The molecule has 0 aliphatic rings. The maximum atomic E-state index is 11.7. The molecule has 3 N–H and O–H groups in total. The number of aromatic hydroxyl groups is 1. The van der Waals surface area contributed by atoms with Crippen LogP contribution in [0.1, 0.15) is 110 Å². The maximum Gasteiger partial charge on any atom is 0.314 e. The minimum atomic E-state index is -0.252. The van der Waals surface area contributed by atoms with Crippen LogP contribution >= 0.6 is 11.8 Å². The van der Waals surface area contributed by atoms with Gasteiger partial charge in [-0.1, -0.05) is 90.4 Å². The fourth-order valence-corrected chi connectivity index (χ4v) is 4.88. The van der Waals surface area contributed by atoms with Crippen molar-refractivity contribution in [1.82, 2.24) is 4.90 Å². The number of phenols is 1. The van der Waals surface area contributed by atoms with Gasteiger partial charge in [-0.25, -0.2) is 4.79 Å². The number of hydrogen-bond acceptors (Lipinski definition) is 3. The van der Waals surface area contributed by atoms with Crippen molar-refractivity contribution in [3.8, 4) is 5.75 Å². The van der Waals surface area contributed by atoms with Crippen LogP contribution in [-0.4, -0.2) is 34.9 Å². The van der Waals surface area contributed by atoms with Gasteiger partial charge < -0.3 is 15.7 Å². The van der Waals surface area contributed by atoms with Crippen molar-refractivity contribution >= 4 is 17.8 Å². The molecular formula is C27H48N2O2S. The molecule has 0 aliphatic heterocycles. The average Bonchev–Trinajstić information content (AvgIpc) is 2.78. The predicted molar refractivity (Wildman–Crippen MR) is 140 cm³/mol. The normalized spacial score (nSPS) is 11.0. The quantitative estimate of drug-likeness (QED) is 0.142. The van der Waals surface area contributed by atoms with E-state index in [1.165, 1.54) is 94.8 Å². The smallest absolute Gasteiger partial charge is 0.314 e. The van der Waals surface area contributed by atoms with Gasteiger partial charge in [0.1, 0.15) is 5.75 Å². The number of carbonyl (C=O) groups excluding carboxylic acids is 1. The predicted octanol–water partition coefficient (Wildman–Crippen LogP) is 8.13. The van der Waals surface area contributed by atoms with E-state index in [1.807, 2.05) is 28.8 Å². The van der Waals surface area contributed by atoms with Crippen LogP contribution in [0.3, 0.4) is 0 Å². The Morgan fingerprint density at radius 1 is 0.750 bits per heavy atom. The topological polar surface area (TPSA) is 66.6 Å². The molecule has 4 nitrogen and oxygen atoms in total. The lowest BCUT2D eigenvalue weighted by Crippen LogP contribution is -2.37. The molecule has 0 unspecified atom stereocenters. The van der Waals surface area contributed by atoms with E-state index >= 15 is 0 Å². The zero-order chi connectivity index (χ0) is 23.3. The summed E-state index contributed by atoms with van der Waals surface area (Å²) in [7, 11) is 0. The van der Waals surface area contributed by atoms with Crippen molar-refractivity contribution < 1.29 is 9.90 Å². The molecule has 0 saturated carbocycles. The number of carbonyl (C=O) groups is 1. The minimum Gasteiger partial charge on any atom is -0.508 e. The van der Waals surface area contributed by atoms with E-state index in [0.29, 0.717) is 5.75 Å². The number of unbranched alkanes of at least 4 members (excludes halogenated alkanes) is 14. The van der Waals surface area contributed by atoms with E-state index in [0.717, 1.165) is 31.7 Å². The molecule has 5 heteroatoms. The van der Waals surface area contributed by atoms with E-state index < -0.39 is 0 Å². The van der Waals surface area contributed by atoms with E-state index in [4.69, 9.17) is 5.73 Å². The summed E-state index contributed by atoms with van der Waals surface area (Å²) in [6.45, 7) is 3.90. The number of primary amides is 1. The summed E-state index contributed by atoms with van der Waals surface area (Å²) in [5, 5.41) is 9.30. The molecular weight excluding hydrogens is 416 g/mol. The minimum absolute atomic E-state index is 0.252. The summed E-state index contributed by atoms with van der Waals surface area (Å²) in [6, 6.07) is 7.21. The van der Waals surface area contributed by atoms with Crippen molar-refractivity contribution in [1.29, 1.82) is 0 Å². The van der Waals surface area contributed by atoms with Gasteiger partial charge >= 0.3 is 6.03 Å². The highest BCUT2D eigenvalue weighted by atomic mass is 32.2. The fourth-order valence-electron chi connectivity index (χ4n) is 3.97. The van der Waals surface area contributed by atoms with Crippen LogP contribution in [0.4, 0.5) is 4.79 Å². The van der Waals surface area contributed by atoms with Crippen LogP contribution in [0.5, 0.6) is 5.75 Å². The molecule has 0 heterocycles. The number of hydrogen-bond donors (Lipinski definition) is 2. The second-order valence-electron chi connectivity index (χ2n) is 8.97. The first kappa shape index (κ1) is 28.7. The first-order valence-electron chi connectivity index (χ1n) is 13.1. The second kappa shape index (κ2) is 20.3. The van der Waals surface area contributed by atoms with E-state index in [9.17, 15) is 9.90 Å². The van der Waals surface area contributed by atoms with Gasteiger partial charge in [-0.2, -0.15) is 0 Å². The number of nitrogens with zero attached hydrogens (tertiary/aromatic N) is 1. The average molecular weight is 465 g/mol. The first-order chi connectivity index (χ1) is 15.6. The number of phenolic OH excluding ortho intramolecular Hbond substituents is 1. The highest BCUT2D eigenvalue weighted by molar-refractivity contribution is 7.99. The first-order valence-corrected chi connectivity index (χ1v) is 14.1. The van der Waals surface area contributed by atoms with Gasteiger partial charge in [0.2, 0.25) is 0 Å². The number of thioether (sulfide) groups is 1. The molecule has 2 amide bonds. The van der Waals surface area contributed by atoms with Crippen LogP contribution in [-0.2, 0) is 0 Å². The van der Waals surface area contributed by atoms with E-state index in [-0.39, 0.29) is 6.03 Å². The Kier molecular flexibility index (Phi) is 18.2. The van der Waals surface area contributed by atoms with Gasteiger partial charge in [0.05, 0.1) is 0 Å². The molecule has 0 aromatic heterocycles. The molecule has 1 aromatic carbocycles. The molecule has 0 atom stereocenters. The Morgan fingerprint density at radius 3 is 1.66 bits per heavy atom. The molecule has 184 valence electrons. The number of amides is 2. The number of nitrogens with two attached hydrogens (primary N) is 1. The Labute approximate surface area is 201 Å². The zero-order valence-corrected chi connectivity index (χ0v) is 21.3. The summed E-state index contributed by atoms with van der Waals surface area (Å²) in [4.78, 5) is 14.8. The Hall–Kier alpha value is -1.36.